The van der Waals surface area contributed by atoms with Crippen molar-refractivity contribution in [2.24, 2.45) is 11.8 Å². The van der Waals surface area contributed by atoms with Crippen molar-refractivity contribution >= 4 is 22.8 Å². The zero-order valence-electron chi connectivity index (χ0n) is 23.0. The number of ether oxygens (including phenoxy) is 1. The number of fused-ring (bicyclic) bond motifs is 1. The van der Waals surface area contributed by atoms with Crippen LogP contribution in [0.15, 0.2) is 58.7 Å². The second kappa shape index (κ2) is 11.2. The van der Waals surface area contributed by atoms with E-state index in [1.165, 1.54) is 31.6 Å². The number of rotatable bonds is 8. The van der Waals surface area contributed by atoms with Gasteiger partial charge in [0.2, 0.25) is 5.82 Å². The topological polar surface area (TPSA) is 138 Å². The van der Waals surface area contributed by atoms with Gasteiger partial charge >= 0.3 is 5.76 Å². The molecule has 0 bridgehead atoms. The monoisotopic (exact) mass is 590 g/mol. The molecule has 11 nitrogen and oxygen atoms in total. The Hall–Kier alpha value is -4.29. The summed E-state index contributed by atoms with van der Waals surface area (Å²) in [4.78, 5) is 34.7. The van der Waals surface area contributed by atoms with Crippen LogP contribution < -0.4 is 5.76 Å². The van der Waals surface area contributed by atoms with E-state index < -0.39 is 17.2 Å². The number of aromatic amines is 1. The number of H-pyrrole nitrogens is 1. The summed E-state index contributed by atoms with van der Waals surface area (Å²) in [7, 11) is 1.49. The second-order valence-electron chi connectivity index (χ2n) is 10.5. The molecule has 13 heteroatoms. The molecule has 1 aliphatic carbocycles. The molecule has 0 aromatic carbocycles. The molecule has 1 unspecified atom stereocenters. The van der Waals surface area contributed by atoms with Crippen LogP contribution in [0.4, 0.5) is 4.39 Å². The maximum absolute atomic E-state index is 15.3. The maximum Gasteiger partial charge on any atom is 0.434 e. The first-order valence-corrected chi connectivity index (χ1v) is 13.9. The van der Waals surface area contributed by atoms with Crippen molar-refractivity contribution in [2.75, 3.05) is 7.11 Å². The van der Waals surface area contributed by atoms with E-state index in [1.54, 1.807) is 19.2 Å². The first-order chi connectivity index (χ1) is 20.3. The molecular weight excluding hydrogens is 563 g/mol. The van der Waals surface area contributed by atoms with Crippen LogP contribution in [0, 0.1) is 17.7 Å². The van der Waals surface area contributed by atoms with Gasteiger partial charge in [-0.15, -0.1) is 11.7 Å². The number of imidazole rings is 1. The van der Waals surface area contributed by atoms with Crippen LogP contribution in [-0.2, 0) is 16.9 Å². The Kier molecular flexibility index (Phi) is 7.42. The third kappa shape index (κ3) is 5.01. The average molecular weight is 591 g/mol. The first kappa shape index (κ1) is 27.9. The van der Waals surface area contributed by atoms with E-state index in [2.05, 4.69) is 31.7 Å². The number of hydrogen-bond acceptors (Lipinski definition) is 9. The highest BCUT2D eigenvalue weighted by molar-refractivity contribution is 6.30. The zero-order valence-corrected chi connectivity index (χ0v) is 23.8. The van der Waals surface area contributed by atoms with Crippen LogP contribution in [0.25, 0.3) is 34.1 Å². The molecule has 5 aromatic heterocycles. The Bertz CT molecular complexity index is 1830. The molecule has 1 N–H and O–H groups in total. The van der Waals surface area contributed by atoms with E-state index >= 15 is 4.39 Å². The van der Waals surface area contributed by atoms with Gasteiger partial charge in [0.05, 0.1) is 5.02 Å². The molecule has 1 aliphatic rings. The molecule has 5 heterocycles. The number of halogens is 2. The standard InChI is InChI=1S/C29H28ClFN8O3/c1-4-16-7-9-17(10-8-16)15-39-22-21(18-12-19(30)14-32-13-18)34-25(26-37-38-28(40)42-26)35-24(22)36-27(39)29(2,41-3)23-20(31)6-5-11-33-23/h4-6,11-14,16-17H,1,7-10,15H2,2-3H3,(H,38,40). The Labute approximate surface area is 244 Å². The SMILES string of the molecule is C=CC1CCC(Cn2c(C(C)(OC)c3ncccc3F)nc3nc(-c4n[nH]c(=O)o4)nc(-c4cncc(Cl)c4)c32)CC1. The molecule has 1 saturated carbocycles. The lowest BCUT2D eigenvalue weighted by atomic mass is 9.82. The lowest BCUT2D eigenvalue weighted by Crippen LogP contribution is -2.33. The normalized spacial score (nSPS) is 18.7. The highest BCUT2D eigenvalue weighted by Gasteiger charge is 2.40. The van der Waals surface area contributed by atoms with Crippen molar-refractivity contribution in [1.82, 2.24) is 39.7 Å². The summed E-state index contributed by atoms with van der Waals surface area (Å²) in [5.74, 6) is -0.190. The van der Waals surface area contributed by atoms with Gasteiger partial charge in [-0.05, 0) is 62.6 Å². The minimum absolute atomic E-state index is 0.0293. The molecule has 5 aromatic rings. The number of methoxy groups -OCH3 is 1. The molecule has 6 rings (SSSR count). The van der Waals surface area contributed by atoms with Crippen molar-refractivity contribution in [3.05, 3.63) is 82.4 Å². The highest BCUT2D eigenvalue weighted by Crippen LogP contribution is 2.39. The van der Waals surface area contributed by atoms with E-state index in [-0.39, 0.29) is 23.1 Å². The predicted molar refractivity (Wildman–Crippen MR) is 153 cm³/mol. The summed E-state index contributed by atoms with van der Waals surface area (Å²) >= 11 is 6.34. The largest absolute Gasteiger partial charge is 0.434 e. The fraction of sp³-hybridized carbons (Fsp3) is 0.345. The Morgan fingerprint density at radius 3 is 2.74 bits per heavy atom. The van der Waals surface area contributed by atoms with Gasteiger partial charge < -0.3 is 13.7 Å². The minimum atomic E-state index is -1.40. The van der Waals surface area contributed by atoms with Crippen LogP contribution in [0.2, 0.25) is 5.02 Å². The number of pyridine rings is 2. The average Bonchev–Trinajstić information content (AvgIpc) is 3.61. The smallest absolute Gasteiger partial charge is 0.384 e. The van der Waals surface area contributed by atoms with Gasteiger partial charge in [-0.1, -0.05) is 17.7 Å². The molecule has 0 spiro atoms. The van der Waals surface area contributed by atoms with Gasteiger partial charge in [0, 0.05) is 37.8 Å². The summed E-state index contributed by atoms with van der Waals surface area (Å²) in [5.41, 5.74) is 0.551. The molecular formula is C29H28ClFN8O3. The maximum atomic E-state index is 15.3. The van der Waals surface area contributed by atoms with Gasteiger partial charge in [-0.3, -0.25) is 9.97 Å². The summed E-state index contributed by atoms with van der Waals surface area (Å²) in [6, 6.07) is 4.58. The van der Waals surface area contributed by atoms with Crippen molar-refractivity contribution < 1.29 is 13.5 Å². The predicted octanol–water partition coefficient (Wildman–Crippen LogP) is 5.32. The van der Waals surface area contributed by atoms with Crippen LogP contribution in [0.3, 0.4) is 0 Å². The Morgan fingerprint density at radius 2 is 2.07 bits per heavy atom. The van der Waals surface area contributed by atoms with Crippen molar-refractivity contribution in [3.63, 3.8) is 0 Å². The summed E-state index contributed by atoms with van der Waals surface area (Å²) in [5, 5.41) is 6.55. The van der Waals surface area contributed by atoms with Crippen LogP contribution in [-0.4, -0.2) is 46.8 Å². The first-order valence-electron chi connectivity index (χ1n) is 13.5. The Balaban J connectivity index is 1.64. The van der Waals surface area contributed by atoms with Crippen LogP contribution in [0.1, 0.15) is 44.1 Å². The summed E-state index contributed by atoms with van der Waals surface area (Å²) in [6.45, 7) is 6.24. The van der Waals surface area contributed by atoms with E-state index in [9.17, 15) is 4.79 Å². The summed E-state index contributed by atoms with van der Waals surface area (Å²) in [6.07, 6.45) is 10.7. The Morgan fingerprint density at radius 1 is 1.26 bits per heavy atom. The summed E-state index contributed by atoms with van der Waals surface area (Å²) < 4.78 is 28.4. The third-order valence-electron chi connectivity index (χ3n) is 7.92. The number of nitrogens with zero attached hydrogens (tertiary/aromatic N) is 7. The van der Waals surface area contributed by atoms with Crippen molar-refractivity contribution in [3.8, 4) is 23.0 Å². The van der Waals surface area contributed by atoms with Crippen LogP contribution in [0.5, 0.6) is 0 Å². The van der Waals surface area contributed by atoms with Gasteiger partial charge in [-0.2, -0.15) is 0 Å². The molecule has 0 aliphatic heterocycles. The van der Waals surface area contributed by atoms with Crippen LogP contribution >= 0.6 is 11.6 Å². The lowest BCUT2D eigenvalue weighted by molar-refractivity contribution is 0.0210. The van der Waals surface area contributed by atoms with Gasteiger partial charge in [0.1, 0.15) is 28.5 Å². The quantitative estimate of drug-likeness (QED) is 0.238. The second-order valence-corrected chi connectivity index (χ2v) is 10.9. The molecule has 216 valence electrons. The van der Waals surface area contributed by atoms with E-state index in [1.807, 2.05) is 10.6 Å². The van der Waals surface area contributed by atoms with E-state index in [0.29, 0.717) is 46.0 Å². The molecule has 1 atom stereocenters. The number of aromatic nitrogens is 8. The molecule has 0 radical (unpaired) electrons. The van der Waals surface area contributed by atoms with Gasteiger partial charge in [0.25, 0.3) is 5.89 Å². The zero-order chi connectivity index (χ0) is 29.4. The minimum Gasteiger partial charge on any atom is -0.384 e. The fourth-order valence-corrected chi connectivity index (χ4v) is 5.81. The third-order valence-corrected chi connectivity index (χ3v) is 8.13. The highest BCUT2D eigenvalue weighted by atomic mass is 35.5. The molecule has 42 heavy (non-hydrogen) atoms. The van der Waals surface area contributed by atoms with Crippen molar-refractivity contribution in [1.29, 1.82) is 0 Å². The molecule has 1 fully saturated rings. The lowest BCUT2D eigenvalue weighted by Gasteiger charge is -2.31. The van der Waals surface area contributed by atoms with E-state index in [0.717, 1.165) is 25.7 Å². The van der Waals surface area contributed by atoms with E-state index in [4.69, 9.17) is 30.7 Å². The number of nitrogens with one attached hydrogen (secondary N) is 1. The molecule has 0 amide bonds. The van der Waals surface area contributed by atoms with Gasteiger partial charge in [-0.25, -0.2) is 29.2 Å². The molecule has 0 saturated heterocycles. The fourth-order valence-electron chi connectivity index (χ4n) is 5.64. The van der Waals surface area contributed by atoms with Gasteiger partial charge in [0.15, 0.2) is 11.2 Å². The number of allylic oxidation sites excluding steroid dienone is 1. The number of hydrogen-bond donors (Lipinski definition) is 1. The van der Waals surface area contributed by atoms with Crippen molar-refractivity contribution in [2.45, 2.75) is 44.8 Å².